The van der Waals surface area contributed by atoms with Crippen molar-refractivity contribution in [3.05, 3.63) is 155 Å². The van der Waals surface area contributed by atoms with Crippen LogP contribution in [0.1, 0.15) is 14.5 Å². The average molecular weight is 692 g/mol. The van der Waals surface area contributed by atoms with Crippen LogP contribution in [0.3, 0.4) is 0 Å². The molecule has 6 rings (SSSR count). The number of thiophene rings is 2. The fourth-order valence-electron chi connectivity index (χ4n) is 4.26. The second-order valence-electron chi connectivity index (χ2n) is 9.98. The molecule has 0 bridgehead atoms. The molecule has 0 fully saturated rings. The number of hydrogen-bond acceptors (Lipinski definition) is 8. The van der Waals surface area contributed by atoms with E-state index in [-0.39, 0.29) is 0 Å². The second kappa shape index (κ2) is 19.1. The van der Waals surface area contributed by atoms with E-state index in [1.807, 2.05) is 110 Å². The Labute approximate surface area is 292 Å². The SMILES string of the molecule is CNCc1cc(-c2ccccc2)c(Oc2ccccc2)s1.O=C(O)/C=C/C(=O)O.O=Cc1cc(-c2ccccc2)c(Oc2ccccc2)s1. The van der Waals surface area contributed by atoms with Crippen LogP contribution in [0.15, 0.2) is 146 Å². The minimum Gasteiger partial charge on any atom is -0.478 e. The maximum atomic E-state index is 11.0. The standard InChI is InChI=1S/C18H17NOS.C17H12O2S.C4H4O4/c1-19-13-16-12-17(14-8-4-2-5-9-14)18(21-16)20-15-10-6-3-7-11-15;18-12-15-11-16(13-7-3-1-4-8-13)17(20-15)19-14-9-5-2-6-10-14;5-3(6)1-2-4(7)8/h2-12,19H,13H2,1H3;1-12H;1-2H,(H,5,6)(H,7,8)/b;;2-1+. The van der Waals surface area contributed by atoms with E-state index in [0.29, 0.717) is 17.0 Å². The van der Waals surface area contributed by atoms with Gasteiger partial charge in [0.15, 0.2) is 16.4 Å². The molecule has 0 atom stereocenters. The topological polar surface area (TPSA) is 122 Å². The molecule has 0 radical (unpaired) electrons. The van der Waals surface area contributed by atoms with Crippen LogP contribution in [0.5, 0.6) is 21.6 Å². The Hall–Kier alpha value is -5.81. The van der Waals surface area contributed by atoms with Crippen LogP contribution in [0.25, 0.3) is 22.3 Å². The number of carboxylic acids is 2. The number of carbonyl (C=O) groups is 3. The number of rotatable bonds is 11. The molecule has 2 heterocycles. The summed E-state index contributed by atoms with van der Waals surface area (Å²) in [5, 5.41) is 20.5. The number of aldehydes is 1. The number of nitrogens with one attached hydrogen (secondary N) is 1. The zero-order valence-electron chi connectivity index (χ0n) is 26.4. The number of aliphatic carboxylic acids is 2. The first-order chi connectivity index (χ1) is 23.9. The van der Waals surface area contributed by atoms with E-state index < -0.39 is 11.9 Å². The monoisotopic (exact) mass is 691 g/mol. The third kappa shape index (κ3) is 11.7. The van der Waals surface area contributed by atoms with E-state index in [0.717, 1.165) is 51.1 Å². The van der Waals surface area contributed by atoms with Gasteiger partial charge in [-0.25, -0.2) is 9.59 Å². The maximum absolute atomic E-state index is 11.0. The van der Waals surface area contributed by atoms with Gasteiger partial charge in [0.2, 0.25) is 0 Å². The van der Waals surface area contributed by atoms with E-state index in [1.165, 1.54) is 21.8 Å². The number of hydrogen-bond donors (Lipinski definition) is 3. The van der Waals surface area contributed by atoms with Crippen LogP contribution in [-0.2, 0) is 16.1 Å². The smallest absolute Gasteiger partial charge is 0.328 e. The molecule has 0 aliphatic heterocycles. The van der Waals surface area contributed by atoms with Gasteiger partial charge in [0.05, 0.1) is 4.88 Å². The van der Waals surface area contributed by atoms with Gasteiger partial charge in [0.25, 0.3) is 0 Å². The number of benzene rings is 4. The highest BCUT2D eigenvalue weighted by Crippen LogP contribution is 2.41. The molecular weight excluding hydrogens is 659 g/mol. The zero-order valence-corrected chi connectivity index (χ0v) is 28.0. The van der Waals surface area contributed by atoms with Gasteiger partial charge in [-0.3, -0.25) is 4.79 Å². The molecule has 6 aromatic rings. The van der Waals surface area contributed by atoms with E-state index in [2.05, 4.69) is 35.6 Å². The largest absolute Gasteiger partial charge is 0.478 e. The summed E-state index contributed by atoms with van der Waals surface area (Å²) in [6.07, 6.45) is 1.97. The highest BCUT2D eigenvalue weighted by molar-refractivity contribution is 7.16. The summed E-state index contributed by atoms with van der Waals surface area (Å²) in [5.74, 6) is -0.878. The highest BCUT2D eigenvalue weighted by Gasteiger charge is 2.14. The van der Waals surface area contributed by atoms with E-state index in [1.54, 1.807) is 11.3 Å². The first kappa shape index (κ1) is 36.0. The lowest BCUT2D eigenvalue weighted by molar-refractivity contribution is -0.134. The Morgan fingerprint density at radius 2 is 1.04 bits per heavy atom. The van der Waals surface area contributed by atoms with Crippen molar-refractivity contribution in [3.8, 4) is 43.9 Å². The van der Waals surface area contributed by atoms with Gasteiger partial charge in [-0.15, -0.1) is 11.3 Å². The molecule has 2 aromatic heterocycles. The van der Waals surface area contributed by atoms with Gasteiger partial charge < -0.3 is 25.0 Å². The summed E-state index contributed by atoms with van der Waals surface area (Å²) in [6.45, 7) is 0.850. The van der Waals surface area contributed by atoms with E-state index in [9.17, 15) is 14.4 Å². The average Bonchev–Trinajstić information content (AvgIpc) is 3.73. The van der Waals surface area contributed by atoms with Crippen molar-refractivity contribution in [2.24, 2.45) is 0 Å². The van der Waals surface area contributed by atoms with Crippen LogP contribution >= 0.6 is 22.7 Å². The fraction of sp³-hybridized carbons (Fsp3) is 0.0513. The number of carboxylic acid groups (broad SMARTS) is 2. The molecule has 0 aliphatic carbocycles. The van der Waals surface area contributed by atoms with Gasteiger partial charge >= 0.3 is 11.9 Å². The summed E-state index contributed by atoms with van der Waals surface area (Å²) >= 11 is 3.05. The Kier molecular flexibility index (Phi) is 14.1. The quantitative estimate of drug-likeness (QED) is 0.0907. The third-order valence-electron chi connectivity index (χ3n) is 6.38. The molecule has 0 saturated carbocycles. The zero-order chi connectivity index (χ0) is 34.8. The highest BCUT2D eigenvalue weighted by atomic mass is 32.1. The number of carbonyl (C=O) groups excluding carboxylic acids is 1. The predicted molar refractivity (Wildman–Crippen MR) is 195 cm³/mol. The molecule has 49 heavy (non-hydrogen) atoms. The molecule has 0 aliphatic rings. The van der Waals surface area contributed by atoms with Crippen LogP contribution < -0.4 is 14.8 Å². The molecular formula is C39H33NO7S2. The van der Waals surface area contributed by atoms with Crippen molar-refractivity contribution < 1.29 is 34.1 Å². The fourth-order valence-corrected chi connectivity index (χ4v) is 6.18. The van der Waals surface area contributed by atoms with Crippen molar-refractivity contribution in [3.63, 3.8) is 0 Å². The van der Waals surface area contributed by atoms with E-state index >= 15 is 0 Å². The van der Waals surface area contributed by atoms with Crippen molar-refractivity contribution in [1.82, 2.24) is 5.32 Å². The normalized spacial score (nSPS) is 10.2. The minimum absolute atomic E-state index is 0.558. The minimum atomic E-state index is -1.26. The van der Waals surface area contributed by atoms with Gasteiger partial charge in [0, 0.05) is 34.7 Å². The summed E-state index contributed by atoms with van der Waals surface area (Å²) in [5.41, 5.74) is 4.32. The van der Waals surface area contributed by atoms with Crippen LogP contribution in [0.4, 0.5) is 0 Å². The van der Waals surface area contributed by atoms with Gasteiger partial charge in [-0.2, -0.15) is 0 Å². The van der Waals surface area contributed by atoms with Crippen molar-refractivity contribution >= 4 is 40.9 Å². The third-order valence-corrected chi connectivity index (χ3v) is 8.33. The van der Waals surface area contributed by atoms with Crippen LogP contribution in [0, 0.1) is 0 Å². The molecule has 3 N–H and O–H groups in total. The molecule has 248 valence electrons. The molecule has 4 aromatic carbocycles. The Balaban J connectivity index is 0.000000182. The number of para-hydroxylation sites is 2. The molecule has 10 heteroatoms. The van der Waals surface area contributed by atoms with Crippen LogP contribution in [0.2, 0.25) is 0 Å². The molecule has 0 amide bonds. The summed E-state index contributed by atoms with van der Waals surface area (Å²) in [4.78, 5) is 32.0. The predicted octanol–water partition coefficient (Wildman–Crippen LogP) is 9.66. The summed E-state index contributed by atoms with van der Waals surface area (Å²) in [6, 6.07) is 43.9. The lowest BCUT2D eigenvalue weighted by atomic mass is 10.1. The molecule has 0 spiro atoms. The van der Waals surface area contributed by atoms with Gasteiger partial charge in [0.1, 0.15) is 11.5 Å². The van der Waals surface area contributed by atoms with Gasteiger partial charge in [-0.1, -0.05) is 108 Å². The van der Waals surface area contributed by atoms with Gasteiger partial charge in [-0.05, 0) is 54.6 Å². The Bertz CT molecular complexity index is 1920. The first-order valence-electron chi connectivity index (χ1n) is 14.9. The Morgan fingerprint density at radius 3 is 1.45 bits per heavy atom. The van der Waals surface area contributed by atoms with Crippen molar-refractivity contribution in [2.75, 3.05) is 7.05 Å². The molecule has 0 saturated heterocycles. The first-order valence-corrected chi connectivity index (χ1v) is 16.6. The van der Waals surface area contributed by atoms with Crippen molar-refractivity contribution in [2.45, 2.75) is 6.54 Å². The summed E-state index contributed by atoms with van der Waals surface area (Å²) < 4.78 is 12.0. The van der Waals surface area contributed by atoms with Crippen molar-refractivity contribution in [1.29, 1.82) is 0 Å². The number of ether oxygens (including phenoxy) is 2. The molecule has 8 nitrogen and oxygen atoms in total. The summed E-state index contributed by atoms with van der Waals surface area (Å²) in [7, 11) is 1.96. The second-order valence-corrected chi connectivity index (χ2v) is 12.1. The lowest BCUT2D eigenvalue weighted by Gasteiger charge is -2.06. The van der Waals surface area contributed by atoms with E-state index in [4.69, 9.17) is 19.7 Å². The lowest BCUT2D eigenvalue weighted by Crippen LogP contribution is -2.02. The maximum Gasteiger partial charge on any atom is 0.328 e. The molecule has 0 unspecified atom stereocenters. The Morgan fingerprint density at radius 1 is 0.633 bits per heavy atom. The van der Waals surface area contributed by atoms with Crippen LogP contribution in [-0.4, -0.2) is 35.5 Å².